The summed E-state index contributed by atoms with van der Waals surface area (Å²) >= 11 is 5.52. The number of halogens is 1. The lowest BCUT2D eigenvalue weighted by Crippen LogP contribution is -2.42. The molecule has 2 nitrogen and oxygen atoms in total. The molecule has 0 aromatic rings. The lowest BCUT2D eigenvalue weighted by atomic mass is 10.0. The molecule has 1 rings (SSSR count). The first kappa shape index (κ1) is 9.85. The highest BCUT2D eigenvalue weighted by Gasteiger charge is 2.21. The fraction of sp³-hybridized carbons (Fsp3) is 0.889. The number of likely N-dealkylation sites (tertiary alicyclic amines) is 1. The molecule has 3 heteroatoms. The van der Waals surface area contributed by atoms with Crippen molar-refractivity contribution in [2.75, 3.05) is 12.4 Å². The van der Waals surface area contributed by atoms with Gasteiger partial charge < -0.3 is 4.90 Å². The number of amides is 1. The Kier molecular flexibility index (Phi) is 3.86. The molecule has 1 atom stereocenters. The van der Waals surface area contributed by atoms with Gasteiger partial charge in [0.15, 0.2) is 0 Å². The summed E-state index contributed by atoms with van der Waals surface area (Å²) in [5.41, 5.74) is 0. The van der Waals surface area contributed by atoms with Crippen LogP contribution in [0.25, 0.3) is 0 Å². The van der Waals surface area contributed by atoms with Gasteiger partial charge in [-0.25, -0.2) is 0 Å². The summed E-state index contributed by atoms with van der Waals surface area (Å²) < 4.78 is 0. The van der Waals surface area contributed by atoms with Gasteiger partial charge in [0.05, 0.1) is 0 Å². The SMILES string of the molecule is C[C@@H]1CCCCN1C(=O)CCCl. The Balaban J connectivity index is 2.42. The monoisotopic (exact) mass is 189 g/mol. The van der Waals surface area contributed by atoms with Crippen LogP contribution in [0.1, 0.15) is 32.6 Å². The maximum absolute atomic E-state index is 11.5. The number of nitrogens with zero attached hydrogens (tertiary/aromatic N) is 1. The van der Waals surface area contributed by atoms with Crippen LogP contribution in [0.3, 0.4) is 0 Å². The number of rotatable bonds is 2. The molecule has 1 aliphatic rings. The van der Waals surface area contributed by atoms with Gasteiger partial charge >= 0.3 is 0 Å². The molecule has 0 unspecified atom stereocenters. The molecular weight excluding hydrogens is 174 g/mol. The van der Waals surface area contributed by atoms with Gasteiger partial charge in [-0.3, -0.25) is 4.79 Å². The molecule has 12 heavy (non-hydrogen) atoms. The van der Waals surface area contributed by atoms with E-state index in [1.807, 2.05) is 4.90 Å². The third-order valence-corrected chi connectivity index (χ3v) is 2.62. The minimum Gasteiger partial charge on any atom is -0.340 e. The molecule has 1 aliphatic heterocycles. The van der Waals surface area contributed by atoms with Crippen LogP contribution >= 0.6 is 11.6 Å². The van der Waals surface area contributed by atoms with E-state index in [1.165, 1.54) is 6.42 Å². The molecule has 1 fully saturated rings. The van der Waals surface area contributed by atoms with Crippen LogP contribution < -0.4 is 0 Å². The molecule has 0 spiro atoms. The average Bonchev–Trinajstić information content (AvgIpc) is 2.05. The molecule has 1 amide bonds. The van der Waals surface area contributed by atoms with E-state index in [-0.39, 0.29) is 5.91 Å². The van der Waals surface area contributed by atoms with Crippen molar-refractivity contribution in [1.29, 1.82) is 0 Å². The molecule has 1 saturated heterocycles. The van der Waals surface area contributed by atoms with Crippen LogP contribution in [-0.2, 0) is 4.79 Å². The van der Waals surface area contributed by atoms with Crippen LogP contribution in [0.2, 0.25) is 0 Å². The second-order valence-electron chi connectivity index (χ2n) is 3.37. The Morgan fingerprint density at radius 1 is 1.58 bits per heavy atom. The Labute approximate surface area is 78.9 Å². The van der Waals surface area contributed by atoms with Crippen LogP contribution in [0.4, 0.5) is 0 Å². The minimum absolute atomic E-state index is 0.220. The first-order valence-corrected chi connectivity index (χ1v) is 5.14. The van der Waals surface area contributed by atoms with Crippen molar-refractivity contribution in [3.8, 4) is 0 Å². The summed E-state index contributed by atoms with van der Waals surface area (Å²) in [6.45, 7) is 3.04. The van der Waals surface area contributed by atoms with Gasteiger partial charge in [0.25, 0.3) is 0 Å². The first-order chi connectivity index (χ1) is 5.75. The number of carbonyl (C=O) groups is 1. The highest BCUT2D eigenvalue weighted by Crippen LogP contribution is 2.17. The number of carbonyl (C=O) groups excluding carboxylic acids is 1. The zero-order chi connectivity index (χ0) is 8.97. The van der Waals surface area contributed by atoms with E-state index in [0.29, 0.717) is 18.3 Å². The van der Waals surface area contributed by atoms with Crippen LogP contribution in [0.5, 0.6) is 0 Å². The Bertz CT molecular complexity index is 161. The summed E-state index contributed by atoms with van der Waals surface area (Å²) in [5, 5.41) is 0. The fourth-order valence-corrected chi connectivity index (χ4v) is 1.85. The molecular formula is C9H16ClNO. The van der Waals surface area contributed by atoms with E-state index < -0.39 is 0 Å². The van der Waals surface area contributed by atoms with Gasteiger partial charge in [-0.2, -0.15) is 0 Å². The molecule has 0 N–H and O–H groups in total. The number of hydrogen-bond donors (Lipinski definition) is 0. The highest BCUT2D eigenvalue weighted by molar-refractivity contribution is 6.18. The zero-order valence-electron chi connectivity index (χ0n) is 7.55. The highest BCUT2D eigenvalue weighted by atomic mass is 35.5. The molecule has 0 aromatic heterocycles. The Morgan fingerprint density at radius 3 is 2.92 bits per heavy atom. The van der Waals surface area contributed by atoms with Crippen molar-refractivity contribution >= 4 is 17.5 Å². The lowest BCUT2D eigenvalue weighted by molar-refractivity contribution is -0.133. The van der Waals surface area contributed by atoms with E-state index in [0.717, 1.165) is 19.4 Å². The van der Waals surface area contributed by atoms with Gasteiger partial charge in [-0.15, -0.1) is 11.6 Å². The van der Waals surface area contributed by atoms with Crippen molar-refractivity contribution in [2.45, 2.75) is 38.6 Å². The maximum atomic E-state index is 11.5. The van der Waals surface area contributed by atoms with E-state index in [4.69, 9.17) is 11.6 Å². The van der Waals surface area contributed by atoms with E-state index in [1.54, 1.807) is 0 Å². The Morgan fingerprint density at radius 2 is 2.33 bits per heavy atom. The van der Waals surface area contributed by atoms with Crippen molar-refractivity contribution in [1.82, 2.24) is 4.90 Å². The van der Waals surface area contributed by atoms with Crippen molar-refractivity contribution in [3.05, 3.63) is 0 Å². The molecule has 70 valence electrons. The second kappa shape index (κ2) is 4.70. The van der Waals surface area contributed by atoms with Gasteiger partial charge in [0.1, 0.15) is 0 Å². The Hall–Kier alpha value is -0.240. The zero-order valence-corrected chi connectivity index (χ0v) is 8.31. The molecule has 0 aliphatic carbocycles. The average molecular weight is 190 g/mol. The van der Waals surface area contributed by atoms with Crippen LogP contribution in [0, 0.1) is 0 Å². The molecule has 1 heterocycles. The predicted molar refractivity (Wildman–Crippen MR) is 50.4 cm³/mol. The predicted octanol–water partition coefficient (Wildman–Crippen LogP) is 2.02. The topological polar surface area (TPSA) is 20.3 Å². The van der Waals surface area contributed by atoms with Crippen molar-refractivity contribution in [2.24, 2.45) is 0 Å². The number of hydrogen-bond acceptors (Lipinski definition) is 1. The molecule has 0 bridgehead atoms. The van der Waals surface area contributed by atoms with Gasteiger partial charge in [-0.1, -0.05) is 0 Å². The first-order valence-electron chi connectivity index (χ1n) is 4.61. The van der Waals surface area contributed by atoms with Crippen molar-refractivity contribution in [3.63, 3.8) is 0 Å². The molecule has 0 saturated carbocycles. The maximum Gasteiger partial charge on any atom is 0.224 e. The van der Waals surface area contributed by atoms with Gasteiger partial charge in [-0.05, 0) is 26.2 Å². The van der Waals surface area contributed by atoms with Crippen LogP contribution in [0.15, 0.2) is 0 Å². The van der Waals surface area contributed by atoms with Crippen LogP contribution in [-0.4, -0.2) is 29.3 Å². The standard InChI is InChI=1S/C9H16ClNO/c1-8-4-2-3-7-11(8)9(12)5-6-10/h8H,2-7H2,1H3/t8-/m1/s1. The van der Waals surface area contributed by atoms with Crippen molar-refractivity contribution < 1.29 is 4.79 Å². The summed E-state index contributed by atoms with van der Waals surface area (Å²) in [5.74, 6) is 0.666. The normalized spacial score (nSPS) is 24.2. The third kappa shape index (κ3) is 2.37. The smallest absolute Gasteiger partial charge is 0.224 e. The van der Waals surface area contributed by atoms with Gasteiger partial charge in [0.2, 0.25) is 5.91 Å². The molecule has 0 radical (unpaired) electrons. The third-order valence-electron chi connectivity index (χ3n) is 2.43. The second-order valence-corrected chi connectivity index (χ2v) is 3.75. The summed E-state index contributed by atoms with van der Waals surface area (Å²) in [6, 6.07) is 0.425. The quantitative estimate of drug-likeness (QED) is 0.609. The number of piperidine rings is 1. The largest absolute Gasteiger partial charge is 0.340 e. The molecule has 0 aromatic carbocycles. The number of alkyl halides is 1. The fourth-order valence-electron chi connectivity index (χ4n) is 1.69. The lowest BCUT2D eigenvalue weighted by Gasteiger charge is -2.33. The van der Waals surface area contributed by atoms with E-state index in [9.17, 15) is 4.79 Å². The summed E-state index contributed by atoms with van der Waals surface area (Å²) in [6.07, 6.45) is 4.05. The van der Waals surface area contributed by atoms with E-state index >= 15 is 0 Å². The summed E-state index contributed by atoms with van der Waals surface area (Å²) in [7, 11) is 0. The van der Waals surface area contributed by atoms with Gasteiger partial charge in [0, 0.05) is 24.9 Å². The summed E-state index contributed by atoms with van der Waals surface area (Å²) in [4.78, 5) is 13.4. The minimum atomic E-state index is 0.220. The van der Waals surface area contributed by atoms with E-state index in [2.05, 4.69) is 6.92 Å².